The van der Waals surface area contributed by atoms with Crippen molar-refractivity contribution in [1.29, 1.82) is 0 Å². The maximum absolute atomic E-state index is 12.5. The number of carbonyl (C=O) groups is 1. The van der Waals surface area contributed by atoms with Gasteiger partial charge in [-0.1, -0.05) is 45.9 Å². The second-order valence-corrected chi connectivity index (χ2v) is 7.94. The lowest BCUT2D eigenvalue weighted by molar-refractivity contribution is 0.0941. The monoisotopic (exact) mass is 307 g/mol. The molecular formula is C16H21NO3S. The third-order valence-electron chi connectivity index (χ3n) is 3.31. The van der Waals surface area contributed by atoms with Crippen molar-refractivity contribution in [3.8, 4) is 0 Å². The fourth-order valence-electron chi connectivity index (χ4n) is 2.39. The van der Waals surface area contributed by atoms with E-state index in [-0.39, 0.29) is 23.4 Å². The zero-order valence-electron chi connectivity index (χ0n) is 12.8. The topological polar surface area (TPSA) is 56.1 Å². The summed E-state index contributed by atoms with van der Waals surface area (Å²) >= 11 is 0. The second-order valence-electron chi connectivity index (χ2n) is 6.05. The van der Waals surface area contributed by atoms with Gasteiger partial charge in [0, 0.05) is 23.1 Å². The third-order valence-corrected chi connectivity index (χ3v) is 5.30. The molecule has 114 valence electrons. The smallest absolute Gasteiger partial charge is 0.239 e. The van der Waals surface area contributed by atoms with Crippen LogP contribution in [0.25, 0.3) is 10.9 Å². The van der Waals surface area contributed by atoms with Gasteiger partial charge in [0.2, 0.25) is 10.0 Å². The molecule has 0 unspecified atom stereocenters. The van der Waals surface area contributed by atoms with Gasteiger partial charge < -0.3 is 0 Å². The summed E-state index contributed by atoms with van der Waals surface area (Å²) in [5.41, 5.74) is 1.05. The van der Waals surface area contributed by atoms with E-state index in [9.17, 15) is 13.2 Å². The first-order valence-corrected chi connectivity index (χ1v) is 8.72. The molecule has 4 nitrogen and oxygen atoms in total. The number of Topliss-reactive ketones (excluding diaryl/α,β-unsaturated/α-hetero) is 1. The van der Waals surface area contributed by atoms with Gasteiger partial charge in [-0.05, 0) is 12.0 Å². The average Bonchev–Trinajstić information content (AvgIpc) is 2.76. The van der Waals surface area contributed by atoms with Gasteiger partial charge in [0.05, 0.1) is 11.3 Å². The van der Waals surface area contributed by atoms with Crippen LogP contribution in [0.15, 0.2) is 30.5 Å². The summed E-state index contributed by atoms with van der Waals surface area (Å²) in [7, 11) is -3.46. The maximum Gasteiger partial charge on any atom is 0.239 e. The van der Waals surface area contributed by atoms with Crippen LogP contribution in [0.2, 0.25) is 0 Å². The minimum atomic E-state index is -3.46. The van der Waals surface area contributed by atoms with Crippen LogP contribution in [0.1, 0.15) is 38.1 Å². The molecule has 2 aromatic rings. The van der Waals surface area contributed by atoms with E-state index < -0.39 is 10.0 Å². The van der Waals surface area contributed by atoms with E-state index in [0.29, 0.717) is 16.5 Å². The van der Waals surface area contributed by atoms with Crippen molar-refractivity contribution in [3.63, 3.8) is 0 Å². The molecule has 5 heteroatoms. The largest absolute Gasteiger partial charge is 0.294 e. The number of para-hydroxylation sites is 1. The van der Waals surface area contributed by atoms with E-state index in [4.69, 9.17) is 0 Å². The summed E-state index contributed by atoms with van der Waals surface area (Å²) in [5, 5.41) is 0.698. The molecule has 2 rings (SSSR count). The van der Waals surface area contributed by atoms with Gasteiger partial charge in [-0.3, -0.25) is 4.79 Å². The van der Waals surface area contributed by atoms with Crippen molar-refractivity contribution in [2.75, 3.05) is 5.75 Å². The van der Waals surface area contributed by atoms with Crippen molar-refractivity contribution in [2.45, 2.75) is 27.7 Å². The van der Waals surface area contributed by atoms with Gasteiger partial charge in [-0.25, -0.2) is 12.4 Å². The van der Waals surface area contributed by atoms with E-state index in [1.807, 2.05) is 33.8 Å². The lowest BCUT2D eigenvalue weighted by Crippen LogP contribution is -2.19. The first-order valence-electron chi connectivity index (χ1n) is 7.11. The Hall–Kier alpha value is -1.62. The summed E-state index contributed by atoms with van der Waals surface area (Å²) < 4.78 is 26.3. The standard InChI is InChI=1S/C16H21NO3S/c1-11(2)10-21(19,20)17-9-14(16(18)12(3)4)13-7-5-6-8-15(13)17/h5-9,11-12H,10H2,1-4H3. The molecular weight excluding hydrogens is 286 g/mol. The fourth-order valence-corrected chi connectivity index (χ4v) is 4.12. The Balaban J connectivity index is 2.69. The van der Waals surface area contributed by atoms with E-state index in [0.717, 1.165) is 0 Å². The molecule has 0 N–H and O–H groups in total. The number of hydrogen-bond acceptors (Lipinski definition) is 3. The van der Waals surface area contributed by atoms with Crippen LogP contribution in [0.5, 0.6) is 0 Å². The molecule has 0 aliphatic rings. The quantitative estimate of drug-likeness (QED) is 0.796. The number of aromatic nitrogens is 1. The van der Waals surface area contributed by atoms with Crippen LogP contribution >= 0.6 is 0 Å². The highest BCUT2D eigenvalue weighted by Gasteiger charge is 2.23. The highest BCUT2D eigenvalue weighted by atomic mass is 32.2. The summed E-state index contributed by atoms with van der Waals surface area (Å²) in [6, 6.07) is 7.14. The second kappa shape index (κ2) is 5.64. The van der Waals surface area contributed by atoms with E-state index in [1.165, 1.54) is 10.2 Å². The molecule has 0 saturated carbocycles. The van der Waals surface area contributed by atoms with E-state index >= 15 is 0 Å². The van der Waals surface area contributed by atoms with Gasteiger partial charge >= 0.3 is 0 Å². The predicted molar refractivity (Wildman–Crippen MR) is 85.1 cm³/mol. The van der Waals surface area contributed by atoms with Gasteiger partial charge in [0.1, 0.15) is 0 Å². The predicted octanol–water partition coefficient (Wildman–Crippen LogP) is 3.31. The van der Waals surface area contributed by atoms with E-state index in [1.54, 1.807) is 18.2 Å². The number of benzene rings is 1. The summed E-state index contributed by atoms with van der Waals surface area (Å²) in [6.45, 7) is 7.36. The third kappa shape index (κ3) is 3.02. The Kier molecular flexibility index (Phi) is 4.23. The molecule has 1 aromatic heterocycles. The summed E-state index contributed by atoms with van der Waals surface area (Å²) in [4.78, 5) is 12.3. The first kappa shape index (κ1) is 15.8. The lowest BCUT2D eigenvalue weighted by atomic mass is 10.0. The first-order chi connectivity index (χ1) is 9.74. The maximum atomic E-state index is 12.5. The van der Waals surface area contributed by atoms with Crippen LogP contribution in [-0.2, 0) is 10.0 Å². The molecule has 1 aromatic carbocycles. The Morgan fingerprint density at radius 1 is 1.14 bits per heavy atom. The number of ketones is 1. The SMILES string of the molecule is CC(C)CS(=O)(=O)n1cc(C(=O)C(C)C)c2ccccc21. The Morgan fingerprint density at radius 3 is 2.33 bits per heavy atom. The molecule has 0 saturated heterocycles. The number of rotatable bonds is 5. The zero-order valence-corrected chi connectivity index (χ0v) is 13.6. The molecule has 0 atom stereocenters. The van der Waals surface area contributed by atoms with Crippen molar-refractivity contribution >= 4 is 26.7 Å². The highest BCUT2D eigenvalue weighted by molar-refractivity contribution is 7.90. The molecule has 0 aliphatic carbocycles. The summed E-state index contributed by atoms with van der Waals surface area (Å²) in [5.74, 6) is -0.122. The zero-order chi connectivity index (χ0) is 15.8. The Bertz CT molecular complexity index is 770. The minimum absolute atomic E-state index is 0.0282. The Morgan fingerprint density at radius 2 is 1.76 bits per heavy atom. The van der Waals surface area contributed by atoms with Gasteiger partial charge in [-0.2, -0.15) is 0 Å². The highest BCUT2D eigenvalue weighted by Crippen LogP contribution is 2.25. The van der Waals surface area contributed by atoms with E-state index in [2.05, 4.69) is 0 Å². The van der Waals surface area contributed by atoms with Crippen LogP contribution in [0, 0.1) is 11.8 Å². The fraction of sp³-hybridized carbons (Fsp3) is 0.438. The number of carbonyl (C=O) groups excluding carboxylic acids is 1. The number of hydrogen-bond donors (Lipinski definition) is 0. The molecule has 0 spiro atoms. The lowest BCUT2D eigenvalue weighted by Gasteiger charge is -2.09. The molecule has 0 fully saturated rings. The average molecular weight is 307 g/mol. The van der Waals surface area contributed by atoms with Crippen LogP contribution in [0.4, 0.5) is 0 Å². The van der Waals surface area contributed by atoms with Gasteiger partial charge in [0.25, 0.3) is 0 Å². The molecule has 21 heavy (non-hydrogen) atoms. The normalized spacial score (nSPS) is 12.5. The van der Waals surface area contributed by atoms with Crippen molar-refractivity contribution in [1.82, 2.24) is 3.97 Å². The molecule has 0 amide bonds. The summed E-state index contributed by atoms with van der Waals surface area (Å²) in [6.07, 6.45) is 1.48. The number of nitrogens with zero attached hydrogens (tertiary/aromatic N) is 1. The van der Waals surface area contributed by atoms with Crippen LogP contribution in [-0.4, -0.2) is 23.9 Å². The molecule has 1 heterocycles. The molecule has 0 radical (unpaired) electrons. The minimum Gasteiger partial charge on any atom is -0.294 e. The number of fused-ring (bicyclic) bond motifs is 1. The van der Waals surface area contributed by atoms with Crippen LogP contribution in [0.3, 0.4) is 0 Å². The van der Waals surface area contributed by atoms with Gasteiger partial charge in [0.15, 0.2) is 5.78 Å². The van der Waals surface area contributed by atoms with Crippen molar-refractivity contribution < 1.29 is 13.2 Å². The Labute approximate surface area is 125 Å². The van der Waals surface area contributed by atoms with Crippen molar-refractivity contribution in [2.24, 2.45) is 11.8 Å². The molecule has 0 aliphatic heterocycles. The molecule has 0 bridgehead atoms. The van der Waals surface area contributed by atoms with Gasteiger partial charge in [-0.15, -0.1) is 0 Å². The van der Waals surface area contributed by atoms with Crippen LogP contribution < -0.4 is 0 Å². The van der Waals surface area contributed by atoms with Crippen molar-refractivity contribution in [3.05, 3.63) is 36.0 Å².